The third-order valence-corrected chi connectivity index (χ3v) is 5.81. The molecule has 3 N–H and O–H groups in total. The number of carbonyl (C=O) groups is 2. The van der Waals surface area contributed by atoms with E-state index in [1.54, 1.807) is 23.5 Å². The standard InChI is InChI=1S/C25H23N3O2S/c29-24(26-17-22-8-4-14-31-22)15-18-10-12-21(13-11-18)28-25(30)27-16-20-7-3-6-19-5-1-2-9-23(19)20/h1-14H,15-17H2,(H,26,29)(H2,27,28,30). The van der Waals surface area contributed by atoms with Gasteiger partial charge in [0.25, 0.3) is 0 Å². The fourth-order valence-corrected chi connectivity index (χ4v) is 3.99. The van der Waals surface area contributed by atoms with E-state index in [-0.39, 0.29) is 11.9 Å². The summed E-state index contributed by atoms with van der Waals surface area (Å²) >= 11 is 1.62. The van der Waals surface area contributed by atoms with Gasteiger partial charge in [0.2, 0.25) is 5.91 Å². The molecular formula is C25H23N3O2S. The zero-order valence-electron chi connectivity index (χ0n) is 16.9. The number of carbonyl (C=O) groups excluding carboxylic acids is 2. The summed E-state index contributed by atoms with van der Waals surface area (Å²) < 4.78 is 0. The van der Waals surface area contributed by atoms with Crippen molar-refractivity contribution in [1.82, 2.24) is 10.6 Å². The highest BCUT2D eigenvalue weighted by molar-refractivity contribution is 7.09. The van der Waals surface area contributed by atoms with Crippen molar-refractivity contribution in [2.75, 3.05) is 5.32 Å². The smallest absolute Gasteiger partial charge is 0.319 e. The lowest BCUT2D eigenvalue weighted by molar-refractivity contribution is -0.120. The maximum atomic E-state index is 12.3. The van der Waals surface area contributed by atoms with Gasteiger partial charge in [-0.1, -0.05) is 60.7 Å². The van der Waals surface area contributed by atoms with Crippen LogP contribution in [0.3, 0.4) is 0 Å². The van der Waals surface area contributed by atoms with Gasteiger partial charge in [0.05, 0.1) is 13.0 Å². The number of hydrogen-bond donors (Lipinski definition) is 3. The van der Waals surface area contributed by atoms with Crippen molar-refractivity contribution in [2.24, 2.45) is 0 Å². The first kappa shape index (κ1) is 20.6. The number of benzene rings is 3. The summed E-state index contributed by atoms with van der Waals surface area (Å²) in [6, 6.07) is 25.2. The first-order valence-electron chi connectivity index (χ1n) is 10.1. The first-order valence-corrected chi connectivity index (χ1v) is 10.9. The predicted octanol–water partition coefficient (Wildman–Crippen LogP) is 5.08. The monoisotopic (exact) mass is 429 g/mol. The largest absolute Gasteiger partial charge is 0.351 e. The second-order valence-corrected chi connectivity index (χ2v) is 8.21. The third kappa shape index (κ3) is 5.71. The van der Waals surface area contributed by atoms with Crippen molar-refractivity contribution in [3.8, 4) is 0 Å². The van der Waals surface area contributed by atoms with Crippen LogP contribution in [0.15, 0.2) is 84.2 Å². The van der Waals surface area contributed by atoms with Gasteiger partial charge >= 0.3 is 6.03 Å². The summed E-state index contributed by atoms with van der Waals surface area (Å²) in [5.41, 5.74) is 2.64. The molecule has 6 heteroatoms. The summed E-state index contributed by atoms with van der Waals surface area (Å²) in [4.78, 5) is 25.5. The quantitative estimate of drug-likeness (QED) is 0.383. The average molecular weight is 430 g/mol. The number of rotatable bonds is 7. The van der Waals surface area contributed by atoms with Crippen molar-refractivity contribution < 1.29 is 9.59 Å². The Morgan fingerprint density at radius 3 is 2.39 bits per heavy atom. The Morgan fingerprint density at radius 2 is 1.58 bits per heavy atom. The Hall–Kier alpha value is -3.64. The minimum Gasteiger partial charge on any atom is -0.351 e. The Labute approximate surface area is 185 Å². The van der Waals surface area contributed by atoms with Crippen molar-refractivity contribution in [3.05, 3.63) is 100 Å². The molecule has 1 aromatic heterocycles. The van der Waals surface area contributed by atoms with Crippen molar-refractivity contribution in [1.29, 1.82) is 0 Å². The van der Waals surface area contributed by atoms with E-state index in [0.29, 0.717) is 25.2 Å². The lowest BCUT2D eigenvalue weighted by Crippen LogP contribution is -2.28. The molecule has 0 spiro atoms. The molecule has 0 radical (unpaired) electrons. The van der Waals surface area contributed by atoms with Crippen molar-refractivity contribution >= 4 is 39.7 Å². The van der Waals surface area contributed by atoms with Crippen LogP contribution in [-0.4, -0.2) is 11.9 Å². The topological polar surface area (TPSA) is 70.2 Å². The maximum absolute atomic E-state index is 12.3. The van der Waals surface area contributed by atoms with Crippen LogP contribution in [0, 0.1) is 0 Å². The van der Waals surface area contributed by atoms with E-state index in [1.807, 2.05) is 53.9 Å². The lowest BCUT2D eigenvalue weighted by Gasteiger charge is -2.10. The fourth-order valence-electron chi connectivity index (χ4n) is 3.35. The van der Waals surface area contributed by atoms with Crippen LogP contribution >= 0.6 is 11.3 Å². The minimum atomic E-state index is -0.269. The van der Waals surface area contributed by atoms with Crippen molar-refractivity contribution in [2.45, 2.75) is 19.5 Å². The van der Waals surface area contributed by atoms with Gasteiger partial charge in [-0.3, -0.25) is 4.79 Å². The zero-order valence-corrected chi connectivity index (χ0v) is 17.7. The van der Waals surface area contributed by atoms with Crippen LogP contribution in [0.4, 0.5) is 10.5 Å². The molecule has 3 aromatic carbocycles. The minimum absolute atomic E-state index is 0.0260. The molecule has 0 saturated carbocycles. The highest BCUT2D eigenvalue weighted by Gasteiger charge is 2.07. The van der Waals surface area contributed by atoms with Gasteiger partial charge in [-0.15, -0.1) is 11.3 Å². The van der Waals surface area contributed by atoms with Gasteiger partial charge in [0, 0.05) is 17.1 Å². The van der Waals surface area contributed by atoms with Gasteiger partial charge in [0.1, 0.15) is 0 Å². The van der Waals surface area contributed by atoms with E-state index >= 15 is 0 Å². The molecule has 0 fully saturated rings. The third-order valence-electron chi connectivity index (χ3n) is 4.94. The van der Waals surface area contributed by atoms with Crippen LogP contribution < -0.4 is 16.0 Å². The SMILES string of the molecule is O=C(Cc1ccc(NC(=O)NCc2cccc3ccccc23)cc1)NCc1cccs1. The van der Waals surface area contributed by atoms with E-state index < -0.39 is 0 Å². The van der Waals surface area contributed by atoms with E-state index in [9.17, 15) is 9.59 Å². The highest BCUT2D eigenvalue weighted by atomic mass is 32.1. The summed E-state index contributed by atoms with van der Waals surface area (Å²) in [6.45, 7) is 0.989. The second-order valence-electron chi connectivity index (χ2n) is 7.18. The summed E-state index contributed by atoms with van der Waals surface area (Å²) in [7, 11) is 0. The molecule has 156 valence electrons. The van der Waals surface area contributed by atoms with Crippen LogP contribution in [0.25, 0.3) is 10.8 Å². The molecule has 0 saturated heterocycles. The molecule has 4 aromatic rings. The summed E-state index contributed by atoms with van der Waals surface area (Å²) in [6.07, 6.45) is 0.304. The van der Waals surface area contributed by atoms with E-state index in [2.05, 4.69) is 34.1 Å². The molecule has 31 heavy (non-hydrogen) atoms. The number of nitrogens with one attached hydrogen (secondary N) is 3. The zero-order chi connectivity index (χ0) is 21.5. The molecule has 0 aliphatic heterocycles. The Morgan fingerprint density at radius 1 is 0.774 bits per heavy atom. The first-order chi connectivity index (χ1) is 15.2. The van der Waals surface area contributed by atoms with Gasteiger partial charge in [-0.05, 0) is 45.5 Å². The summed E-state index contributed by atoms with van der Waals surface area (Å²) in [5.74, 6) is -0.0260. The molecule has 0 aliphatic rings. The van der Waals surface area contributed by atoms with Crippen molar-refractivity contribution in [3.63, 3.8) is 0 Å². The van der Waals surface area contributed by atoms with Gasteiger partial charge in [-0.2, -0.15) is 0 Å². The predicted molar refractivity (Wildman–Crippen MR) is 126 cm³/mol. The average Bonchev–Trinajstić information content (AvgIpc) is 3.31. The van der Waals surface area contributed by atoms with Gasteiger partial charge in [0.15, 0.2) is 0 Å². The van der Waals surface area contributed by atoms with Crippen LogP contribution in [0.2, 0.25) is 0 Å². The number of urea groups is 1. The lowest BCUT2D eigenvalue weighted by atomic mass is 10.0. The number of amides is 3. The summed E-state index contributed by atoms with van der Waals surface area (Å²) in [5, 5.41) is 12.9. The van der Waals surface area contributed by atoms with Gasteiger partial charge < -0.3 is 16.0 Å². The molecule has 5 nitrogen and oxygen atoms in total. The number of thiophene rings is 1. The molecule has 1 heterocycles. The Kier molecular flexibility index (Phi) is 6.59. The molecule has 0 atom stereocenters. The number of anilines is 1. The molecule has 0 unspecified atom stereocenters. The van der Waals surface area contributed by atoms with Crippen LogP contribution in [0.1, 0.15) is 16.0 Å². The van der Waals surface area contributed by atoms with E-state index in [4.69, 9.17) is 0 Å². The van der Waals surface area contributed by atoms with Crippen LogP contribution in [-0.2, 0) is 24.3 Å². The highest BCUT2D eigenvalue weighted by Crippen LogP contribution is 2.18. The number of hydrogen-bond acceptors (Lipinski definition) is 3. The van der Waals surface area contributed by atoms with E-state index in [1.165, 1.54) is 0 Å². The normalized spacial score (nSPS) is 10.6. The Balaban J connectivity index is 1.26. The second kappa shape index (κ2) is 9.91. The molecule has 0 bridgehead atoms. The molecule has 4 rings (SSSR count). The van der Waals surface area contributed by atoms with Gasteiger partial charge in [-0.25, -0.2) is 4.79 Å². The Bertz CT molecular complexity index is 1170. The molecule has 3 amide bonds. The van der Waals surface area contributed by atoms with E-state index in [0.717, 1.165) is 26.8 Å². The molecule has 0 aliphatic carbocycles. The molecular weight excluding hydrogens is 406 g/mol. The fraction of sp³-hybridized carbons (Fsp3) is 0.120. The van der Waals surface area contributed by atoms with Crippen LogP contribution in [0.5, 0.6) is 0 Å². The maximum Gasteiger partial charge on any atom is 0.319 e. The number of fused-ring (bicyclic) bond motifs is 1.